The van der Waals surface area contributed by atoms with E-state index in [1.165, 1.54) is 25.3 Å². The van der Waals surface area contributed by atoms with Crippen LogP contribution in [-0.2, 0) is 32.0 Å². The van der Waals surface area contributed by atoms with Crippen LogP contribution in [0.1, 0.15) is 100 Å². The molecular weight excluding hydrogens is 810 g/mol. The lowest BCUT2D eigenvalue weighted by atomic mass is 9.76. The number of methoxy groups -OCH3 is 1. The summed E-state index contributed by atoms with van der Waals surface area (Å²) in [5.41, 5.74) is 6.06. The Morgan fingerprint density at radius 1 is 0.903 bits per heavy atom. The van der Waals surface area contributed by atoms with Gasteiger partial charge in [-0.05, 0) is 56.4 Å². The number of allylic oxidation sites excluding steroid dienone is 2. The van der Waals surface area contributed by atoms with E-state index in [9.17, 15) is 39.6 Å². The minimum atomic E-state index is -1.17. The minimum absolute atomic E-state index is 0.00401. The molecule has 7 rings (SSSR count). The second kappa shape index (κ2) is 20.3. The smallest absolute Gasteiger partial charge is 0.412 e. The maximum Gasteiger partial charge on any atom is 0.412 e. The summed E-state index contributed by atoms with van der Waals surface area (Å²) in [5.74, 6) is -2.13. The van der Waals surface area contributed by atoms with Gasteiger partial charge in [0.2, 0.25) is 5.78 Å². The molecule has 9 N–H and O–H groups in total. The van der Waals surface area contributed by atoms with Gasteiger partial charge in [-0.25, -0.2) is 9.59 Å². The number of benzene rings is 3. The Labute approximate surface area is 356 Å². The van der Waals surface area contributed by atoms with Crippen molar-refractivity contribution >= 4 is 30.0 Å². The predicted octanol–water partition coefficient (Wildman–Crippen LogP) is 3.13. The van der Waals surface area contributed by atoms with E-state index >= 15 is 0 Å². The second-order valence-electron chi connectivity index (χ2n) is 15.3. The second-order valence-corrected chi connectivity index (χ2v) is 15.3. The van der Waals surface area contributed by atoms with Crippen LogP contribution in [0.15, 0.2) is 54.6 Å². The number of phenols is 2. The number of hydrogen-bond donors (Lipinski definition) is 8. The fraction of sp³-hybridized carbons (Fsp3) is 0.432. The normalized spacial score (nSPS) is 25.8. The number of phenolic OH excluding ortho intramolecular Hbond substituents is 2. The number of alkyl carbamates (subject to hydrolysis) is 1. The fourth-order valence-electron chi connectivity index (χ4n) is 8.12. The summed E-state index contributed by atoms with van der Waals surface area (Å²) < 4.78 is 28.3. The summed E-state index contributed by atoms with van der Waals surface area (Å²) in [6, 6.07) is 9.58. The van der Waals surface area contributed by atoms with E-state index in [0.717, 1.165) is 19.3 Å². The highest BCUT2D eigenvalue weighted by Gasteiger charge is 2.45. The lowest BCUT2D eigenvalue weighted by Gasteiger charge is -2.40. The Morgan fingerprint density at radius 2 is 1.58 bits per heavy atom. The molecule has 0 aromatic heterocycles. The topological polar surface area (TPSA) is 283 Å². The predicted molar refractivity (Wildman–Crippen MR) is 218 cm³/mol. The van der Waals surface area contributed by atoms with Crippen LogP contribution in [-0.4, -0.2) is 112 Å². The monoisotopic (exact) mass is 861 g/mol. The van der Waals surface area contributed by atoms with Gasteiger partial charge in [0.1, 0.15) is 42.0 Å². The highest BCUT2D eigenvalue weighted by molar-refractivity contribution is 6.31. The van der Waals surface area contributed by atoms with Crippen molar-refractivity contribution in [2.24, 2.45) is 5.73 Å². The van der Waals surface area contributed by atoms with Crippen molar-refractivity contribution in [3.8, 4) is 23.0 Å². The highest BCUT2D eigenvalue weighted by atomic mass is 16.7. The molecule has 1 heterocycles. The molecular formula is C44H51N3O15. The van der Waals surface area contributed by atoms with E-state index in [4.69, 9.17) is 39.3 Å². The number of aromatic hydroxyl groups is 2. The number of hydrogen-bond acceptors (Lipinski definition) is 16. The van der Waals surface area contributed by atoms with E-state index in [1.54, 1.807) is 31.2 Å². The zero-order chi connectivity index (χ0) is 44.7. The van der Waals surface area contributed by atoms with E-state index < -0.39 is 77.6 Å². The van der Waals surface area contributed by atoms with Crippen molar-refractivity contribution < 1.29 is 73.2 Å². The number of carbonyl (C=O) groups excluding carboxylic acids is 5. The van der Waals surface area contributed by atoms with Crippen LogP contribution in [0.3, 0.4) is 0 Å². The molecule has 3 aliphatic carbocycles. The highest BCUT2D eigenvalue weighted by Crippen LogP contribution is 2.50. The molecule has 8 atom stereocenters. The van der Waals surface area contributed by atoms with Crippen molar-refractivity contribution in [3.63, 3.8) is 0 Å². The lowest BCUT2D eigenvalue weighted by Crippen LogP contribution is -2.55. The first-order valence-electron chi connectivity index (χ1n) is 20.3. The van der Waals surface area contributed by atoms with Gasteiger partial charge in [0.15, 0.2) is 12.1 Å². The number of aliphatic hydroxyl groups excluding tert-OH is 3. The maximum atomic E-state index is 13.8. The molecule has 332 valence electrons. The van der Waals surface area contributed by atoms with Gasteiger partial charge in [0, 0.05) is 48.0 Å². The molecule has 0 radical (unpaired) electrons. The van der Waals surface area contributed by atoms with Crippen molar-refractivity contribution in [1.82, 2.24) is 10.6 Å². The molecule has 3 aromatic carbocycles. The average molecular weight is 862 g/mol. The average Bonchev–Trinajstić information content (AvgIpc) is 3.25. The molecule has 2 amide bonds. The van der Waals surface area contributed by atoms with Crippen LogP contribution in [0.2, 0.25) is 0 Å². The largest absolute Gasteiger partial charge is 0.507 e. The van der Waals surface area contributed by atoms with Gasteiger partial charge in [-0.1, -0.05) is 36.4 Å². The number of ketones is 2. The molecule has 0 spiro atoms. The molecule has 4 aliphatic rings. The standard InChI is InChI=1S/C42H47N3O13.C2H4O2/c1-20-36(47)28(45-41(52)55-19-21-12-14-23(15-13-21)57-42(53)44-27-10-6-4-3-5-9-26(27)43)18-31(56-20)58-30-17-22(46)16-25-33(30)40(51)35-34(38(25)49)37(48)24-8-7-11-29(54-2)32(24)39(35)50;3-1-2-4/h3-4,7-8,11-15,20,22,26-28,30-31,36,46-47,49,51H,5-6,9-10,16-19,43H2,1-2H3,(H,44,53)(H,45,52);1,4H,2H2/b4-3+;/t20-,22-,26?,27?,28-,30-,31-,36+;/m0./s1. The van der Waals surface area contributed by atoms with Crippen molar-refractivity contribution in [2.45, 2.75) is 107 Å². The van der Waals surface area contributed by atoms with Crippen LogP contribution >= 0.6 is 0 Å². The van der Waals surface area contributed by atoms with Crippen LogP contribution < -0.4 is 25.8 Å². The summed E-state index contributed by atoms with van der Waals surface area (Å²) in [7, 11) is 1.34. The summed E-state index contributed by atoms with van der Waals surface area (Å²) in [6.07, 6.45) is 0.659. The number of rotatable bonds is 9. The third kappa shape index (κ3) is 10.1. The van der Waals surface area contributed by atoms with Crippen LogP contribution in [0.25, 0.3) is 0 Å². The number of ether oxygens (including phenoxy) is 5. The number of nitrogens with two attached hydrogens (primary N) is 1. The Hall–Kier alpha value is -5.89. The van der Waals surface area contributed by atoms with Crippen molar-refractivity contribution in [3.05, 3.63) is 93.6 Å². The molecule has 0 saturated carbocycles. The van der Waals surface area contributed by atoms with E-state index in [-0.39, 0.29) is 83.9 Å². The number of amides is 2. The van der Waals surface area contributed by atoms with E-state index in [1.807, 2.05) is 0 Å². The Kier molecular flexibility index (Phi) is 15.0. The van der Waals surface area contributed by atoms with Gasteiger partial charge in [-0.15, -0.1) is 0 Å². The van der Waals surface area contributed by atoms with E-state index in [2.05, 4.69) is 22.8 Å². The summed E-state index contributed by atoms with van der Waals surface area (Å²) in [6.45, 7) is 1.07. The molecule has 1 fully saturated rings. The Balaban J connectivity index is 0.00000154. The molecule has 2 unspecified atom stereocenters. The van der Waals surface area contributed by atoms with Crippen molar-refractivity contribution in [1.29, 1.82) is 0 Å². The van der Waals surface area contributed by atoms with Crippen molar-refractivity contribution in [2.75, 3.05) is 13.7 Å². The maximum absolute atomic E-state index is 13.8. The zero-order valence-corrected chi connectivity index (χ0v) is 34.2. The van der Waals surface area contributed by atoms with Gasteiger partial charge in [0.05, 0.1) is 54.8 Å². The molecule has 3 aromatic rings. The van der Waals surface area contributed by atoms with Gasteiger partial charge in [-0.2, -0.15) is 0 Å². The third-order valence-corrected chi connectivity index (χ3v) is 11.2. The first-order valence-corrected chi connectivity index (χ1v) is 20.3. The molecule has 0 bridgehead atoms. The number of aldehydes is 1. The van der Waals surface area contributed by atoms with Gasteiger partial charge >= 0.3 is 12.2 Å². The van der Waals surface area contributed by atoms with Crippen LogP contribution in [0.5, 0.6) is 23.0 Å². The number of aliphatic hydroxyl groups is 3. The summed E-state index contributed by atoms with van der Waals surface area (Å²) in [5, 5.41) is 57.9. The van der Waals surface area contributed by atoms with Crippen LogP contribution in [0.4, 0.5) is 9.59 Å². The lowest BCUT2D eigenvalue weighted by molar-refractivity contribution is -0.246. The number of carbonyl (C=O) groups is 5. The minimum Gasteiger partial charge on any atom is -0.507 e. The Bertz CT molecular complexity index is 2180. The molecule has 18 nitrogen and oxygen atoms in total. The molecule has 18 heteroatoms. The SMILES string of the molecule is COc1cccc2c1C(=O)c1c(O)c3c(c(O)c1C2=O)C[C@H](O)C[C@@H]3O[C@H]1C[C@H](NC(=O)OCc2ccc(OC(=O)NC3CC/C=C/CCC3N)cc2)[C@H](O)[C@H](C)O1.O=CCO. The molecule has 62 heavy (non-hydrogen) atoms. The van der Waals surface area contributed by atoms with Gasteiger partial charge in [-0.3, -0.25) is 9.59 Å². The first kappa shape index (κ1) is 45.6. The summed E-state index contributed by atoms with van der Waals surface area (Å²) >= 11 is 0. The third-order valence-electron chi connectivity index (χ3n) is 11.2. The van der Waals surface area contributed by atoms with Gasteiger partial charge in [0.25, 0.3) is 0 Å². The van der Waals surface area contributed by atoms with Gasteiger partial charge < -0.3 is 70.4 Å². The number of fused-ring (bicyclic) bond motifs is 3. The van der Waals surface area contributed by atoms with Crippen LogP contribution in [0, 0.1) is 0 Å². The first-order chi connectivity index (χ1) is 29.8. The molecule has 1 saturated heterocycles. The quantitative estimate of drug-likeness (QED) is 0.0682. The zero-order valence-electron chi connectivity index (χ0n) is 34.2. The molecule has 1 aliphatic heterocycles. The van der Waals surface area contributed by atoms with E-state index in [0.29, 0.717) is 18.3 Å². The number of nitrogens with one attached hydrogen (secondary N) is 2. The summed E-state index contributed by atoms with van der Waals surface area (Å²) in [4.78, 5) is 61.9. The Morgan fingerprint density at radius 3 is 2.27 bits per heavy atom. The fourth-order valence-corrected chi connectivity index (χ4v) is 8.12.